The van der Waals surface area contributed by atoms with E-state index in [-0.39, 0.29) is 6.42 Å². The van der Waals surface area contributed by atoms with E-state index in [2.05, 4.69) is 0 Å². The Morgan fingerprint density at radius 2 is 1.89 bits per heavy atom. The molecule has 0 saturated carbocycles. The van der Waals surface area contributed by atoms with Crippen molar-refractivity contribution >= 4 is 0 Å². The van der Waals surface area contributed by atoms with Gasteiger partial charge in [-0.3, -0.25) is 0 Å². The summed E-state index contributed by atoms with van der Waals surface area (Å²) in [6, 6.07) is 0. The lowest BCUT2D eigenvalue weighted by atomic mass is 10.2. The van der Waals surface area contributed by atoms with Crippen LogP contribution in [0.2, 0.25) is 0 Å². The molecule has 0 fully saturated rings. The van der Waals surface area contributed by atoms with E-state index in [0.29, 0.717) is 0 Å². The summed E-state index contributed by atoms with van der Waals surface area (Å²) >= 11 is 0. The molecule has 0 aliphatic carbocycles. The molecule has 0 amide bonds. The molecule has 0 bridgehead atoms. The van der Waals surface area contributed by atoms with Crippen molar-refractivity contribution in [3.05, 3.63) is 0 Å². The Morgan fingerprint density at radius 1 is 1.44 bits per heavy atom. The Bertz CT molecular complexity index is 81.0. The van der Waals surface area contributed by atoms with Crippen LogP contribution >= 0.6 is 0 Å². The summed E-state index contributed by atoms with van der Waals surface area (Å²) in [7, 11) is 0. The summed E-state index contributed by atoms with van der Waals surface area (Å²) in [6.07, 6.45) is -2.70. The molecule has 0 aliphatic rings. The molecule has 9 heavy (non-hydrogen) atoms. The highest BCUT2D eigenvalue weighted by Crippen LogP contribution is 2.23. The quantitative estimate of drug-likeness (QED) is 0.533. The standard InChI is InChI=1S/C5H8F4/c1-2-4(7)5(8,9)3-6/h4H,2-3H2,1H3. The minimum atomic E-state index is -3.78. The summed E-state index contributed by atoms with van der Waals surface area (Å²) in [5.41, 5.74) is 0. The summed E-state index contributed by atoms with van der Waals surface area (Å²) in [4.78, 5) is 0. The maximum absolute atomic E-state index is 11.9. The molecular weight excluding hydrogens is 136 g/mol. The highest BCUT2D eigenvalue weighted by atomic mass is 19.3. The summed E-state index contributed by atoms with van der Waals surface area (Å²) in [5, 5.41) is 0. The van der Waals surface area contributed by atoms with Crippen molar-refractivity contribution < 1.29 is 17.6 Å². The van der Waals surface area contributed by atoms with Crippen molar-refractivity contribution in [3.63, 3.8) is 0 Å². The van der Waals surface area contributed by atoms with E-state index in [0.717, 1.165) is 0 Å². The number of halogens is 4. The predicted octanol–water partition coefficient (Wildman–Crippen LogP) is 2.34. The third-order valence-corrected chi connectivity index (χ3v) is 0.995. The van der Waals surface area contributed by atoms with Gasteiger partial charge in [-0.05, 0) is 6.42 Å². The third kappa shape index (κ3) is 2.20. The van der Waals surface area contributed by atoms with E-state index in [4.69, 9.17) is 0 Å². The zero-order valence-corrected chi connectivity index (χ0v) is 5.00. The fraction of sp³-hybridized carbons (Fsp3) is 1.00. The zero-order valence-electron chi connectivity index (χ0n) is 5.00. The van der Waals surface area contributed by atoms with E-state index in [1.807, 2.05) is 0 Å². The second-order valence-corrected chi connectivity index (χ2v) is 1.77. The summed E-state index contributed by atoms with van der Waals surface area (Å²) in [6.45, 7) is -0.670. The first-order valence-electron chi connectivity index (χ1n) is 2.62. The molecule has 0 aromatic rings. The van der Waals surface area contributed by atoms with Crippen molar-refractivity contribution in [2.75, 3.05) is 6.67 Å². The van der Waals surface area contributed by atoms with Crippen LogP contribution in [0.15, 0.2) is 0 Å². The fourth-order valence-electron chi connectivity index (χ4n) is 0.382. The van der Waals surface area contributed by atoms with Gasteiger partial charge in [0.25, 0.3) is 0 Å². The second kappa shape index (κ2) is 3.03. The topological polar surface area (TPSA) is 0 Å². The molecule has 0 rings (SSSR count). The van der Waals surface area contributed by atoms with Gasteiger partial charge < -0.3 is 0 Å². The van der Waals surface area contributed by atoms with Crippen molar-refractivity contribution in [2.24, 2.45) is 0 Å². The Morgan fingerprint density at radius 3 is 2.00 bits per heavy atom. The van der Waals surface area contributed by atoms with Crippen LogP contribution in [0, 0.1) is 0 Å². The van der Waals surface area contributed by atoms with E-state index >= 15 is 0 Å². The van der Waals surface area contributed by atoms with Gasteiger partial charge in [0.2, 0.25) is 0 Å². The first-order chi connectivity index (χ1) is 4.04. The highest BCUT2D eigenvalue weighted by Gasteiger charge is 2.38. The normalized spacial score (nSPS) is 15.7. The van der Waals surface area contributed by atoms with Crippen molar-refractivity contribution in [1.82, 2.24) is 0 Å². The monoisotopic (exact) mass is 144 g/mol. The van der Waals surface area contributed by atoms with Crippen LogP contribution in [0.1, 0.15) is 13.3 Å². The van der Waals surface area contributed by atoms with Crippen LogP contribution in [0.4, 0.5) is 17.6 Å². The molecule has 56 valence electrons. The average Bonchev–Trinajstić information content (AvgIpc) is 1.86. The molecular formula is C5H8F4. The molecule has 0 aromatic heterocycles. The minimum Gasteiger partial charge on any atom is -0.244 e. The lowest BCUT2D eigenvalue weighted by Gasteiger charge is -2.14. The van der Waals surface area contributed by atoms with Crippen molar-refractivity contribution in [2.45, 2.75) is 25.4 Å². The second-order valence-electron chi connectivity index (χ2n) is 1.77. The Labute approximate surface area is 50.9 Å². The smallest absolute Gasteiger partial charge is 0.244 e. The zero-order chi connectivity index (χ0) is 7.49. The molecule has 0 nitrogen and oxygen atoms in total. The SMILES string of the molecule is CCC(F)C(F)(F)CF. The van der Waals surface area contributed by atoms with Crippen LogP contribution in [0.5, 0.6) is 0 Å². The largest absolute Gasteiger partial charge is 0.306 e. The van der Waals surface area contributed by atoms with E-state index in [1.165, 1.54) is 6.92 Å². The van der Waals surface area contributed by atoms with Crippen LogP contribution in [0.25, 0.3) is 0 Å². The van der Waals surface area contributed by atoms with Crippen LogP contribution in [-0.2, 0) is 0 Å². The molecule has 4 heteroatoms. The van der Waals surface area contributed by atoms with E-state index in [9.17, 15) is 17.6 Å². The maximum Gasteiger partial charge on any atom is 0.306 e. The first kappa shape index (κ1) is 8.72. The molecule has 0 radical (unpaired) electrons. The minimum absolute atomic E-state index is 0.350. The van der Waals surface area contributed by atoms with E-state index in [1.54, 1.807) is 0 Å². The number of rotatable bonds is 3. The molecule has 0 heterocycles. The fourth-order valence-corrected chi connectivity index (χ4v) is 0.382. The molecule has 0 N–H and O–H groups in total. The Hall–Kier alpha value is -0.280. The van der Waals surface area contributed by atoms with Crippen LogP contribution in [0.3, 0.4) is 0 Å². The average molecular weight is 144 g/mol. The van der Waals surface area contributed by atoms with Crippen molar-refractivity contribution in [1.29, 1.82) is 0 Å². The van der Waals surface area contributed by atoms with Gasteiger partial charge in [-0.25, -0.2) is 17.6 Å². The molecule has 0 aromatic carbocycles. The van der Waals surface area contributed by atoms with E-state index < -0.39 is 18.8 Å². The Balaban J connectivity index is 3.80. The van der Waals surface area contributed by atoms with Crippen LogP contribution in [-0.4, -0.2) is 18.8 Å². The lowest BCUT2D eigenvalue weighted by molar-refractivity contribution is -0.0885. The molecule has 0 saturated heterocycles. The lowest BCUT2D eigenvalue weighted by Crippen LogP contribution is -2.31. The third-order valence-electron chi connectivity index (χ3n) is 0.995. The number of hydrogen-bond donors (Lipinski definition) is 0. The van der Waals surface area contributed by atoms with Gasteiger partial charge in [-0.2, -0.15) is 0 Å². The Kier molecular flexibility index (Phi) is 2.94. The van der Waals surface area contributed by atoms with Gasteiger partial charge in [0.1, 0.15) is 0 Å². The van der Waals surface area contributed by atoms with Gasteiger partial charge in [0.15, 0.2) is 12.8 Å². The van der Waals surface area contributed by atoms with Gasteiger partial charge in [0, 0.05) is 0 Å². The number of alkyl halides is 4. The highest BCUT2D eigenvalue weighted by molar-refractivity contribution is 4.73. The van der Waals surface area contributed by atoms with Gasteiger partial charge >= 0.3 is 5.92 Å². The molecule has 1 unspecified atom stereocenters. The van der Waals surface area contributed by atoms with Gasteiger partial charge in [-0.1, -0.05) is 6.92 Å². The summed E-state index contributed by atoms with van der Waals surface area (Å²) in [5.74, 6) is -3.78. The molecule has 1 atom stereocenters. The molecule has 0 aliphatic heterocycles. The maximum atomic E-state index is 11.9. The van der Waals surface area contributed by atoms with Crippen LogP contribution < -0.4 is 0 Å². The van der Waals surface area contributed by atoms with Gasteiger partial charge in [0.05, 0.1) is 0 Å². The van der Waals surface area contributed by atoms with Gasteiger partial charge in [-0.15, -0.1) is 0 Å². The molecule has 0 spiro atoms. The predicted molar refractivity (Wildman–Crippen MR) is 26.1 cm³/mol. The van der Waals surface area contributed by atoms with Crippen molar-refractivity contribution in [3.8, 4) is 0 Å². The number of hydrogen-bond acceptors (Lipinski definition) is 0. The first-order valence-corrected chi connectivity index (χ1v) is 2.62. The summed E-state index contributed by atoms with van der Waals surface area (Å²) < 4.78 is 46.7.